The van der Waals surface area contributed by atoms with Crippen LogP contribution in [0.15, 0.2) is 253 Å². The monoisotopic (exact) mass is 803 g/mol. The molecule has 0 saturated carbocycles. The molecular weight excluding hydrogens is 763 g/mol. The highest BCUT2D eigenvalue weighted by atomic mass is 16.3. The molecule has 63 heavy (non-hydrogen) atoms. The average molecular weight is 804 g/mol. The number of furan rings is 1. The van der Waals surface area contributed by atoms with E-state index in [1.807, 2.05) is 6.07 Å². The van der Waals surface area contributed by atoms with Crippen molar-refractivity contribution in [2.75, 3.05) is 4.90 Å². The summed E-state index contributed by atoms with van der Waals surface area (Å²) >= 11 is 0. The predicted molar refractivity (Wildman–Crippen MR) is 262 cm³/mol. The molecule has 1 aliphatic carbocycles. The molecule has 0 radical (unpaired) electrons. The van der Waals surface area contributed by atoms with Gasteiger partial charge in [-0.05, 0) is 104 Å². The van der Waals surface area contributed by atoms with E-state index in [1.54, 1.807) is 0 Å². The Bertz CT molecular complexity index is 3380. The van der Waals surface area contributed by atoms with Gasteiger partial charge < -0.3 is 9.32 Å². The van der Waals surface area contributed by atoms with Crippen molar-refractivity contribution in [3.63, 3.8) is 0 Å². The van der Waals surface area contributed by atoms with E-state index in [1.165, 1.54) is 55.6 Å². The van der Waals surface area contributed by atoms with E-state index < -0.39 is 5.41 Å². The number of hydrogen-bond donors (Lipinski definition) is 0. The molecular formula is C61H41NO. The van der Waals surface area contributed by atoms with Crippen molar-refractivity contribution >= 4 is 39.0 Å². The van der Waals surface area contributed by atoms with E-state index in [9.17, 15) is 0 Å². The second kappa shape index (κ2) is 15.1. The molecule has 0 fully saturated rings. The van der Waals surface area contributed by atoms with Crippen LogP contribution in [0.3, 0.4) is 0 Å². The molecule has 2 nitrogen and oxygen atoms in total. The highest BCUT2D eigenvalue weighted by Crippen LogP contribution is 2.59. The summed E-state index contributed by atoms with van der Waals surface area (Å²) in [7, 11) is 0. The minimum Gasteiger partial charge on any atom is -0.456 e. The van der Waals surface area contributed by atoms with Gasteiger partial charge in [-0.3, -0.25) is 0 Å². The molecule has 10 aromatic carbocycles. The first-order chi connectivity index (χ1) is 31.3. The van der Waals surface area contributed by atoms with E-state index in [4.69, 9.17) is 4.42 Å². The molecule has 1 aliphatic rings. The Kier molecular flexibility index (Phi) is 8.76. The smallest absolute Gasteiger partial charge is 0.136 e. The van der Waals surface area contributed by atoms with Crippen LogP contribution in [0.1, 0.15) is 22.3 Å². The van der Waals surface area contributed by atoms with Crippen molar-refractivity contribution in [1.82, 2.24) is 0 Å². The van der Waals surface area contributed by atoms with Crippen molar-refractivity contribution in [2.45, 2.75) is 5.41 Å². The third-order valence-corrected chi connectivity index (χ3v) is 13.0. The van der Waals surface area contributed by atoms with Crippen molar-refractivity contribution < 1.29 is 4.42 Å². The van der Waals surface area contributed by atoms with Gasteiger partial charge in [0.15, 0.2) is 0 Å². The molecule has 296 valence electrons. The van der Waals surface area contributed by atoms with Gasteiger partial charge in [-0.1, -0.05) is 206 Å². The number of nitrogens with zero attached hydrogens (tertiary/aromatic N) is 1. The van der Waals surface area contributed by atoms with Crippen LogP contribution < -0.4 is 4.90 Å². The molecule has 0 spiro atoms. The molecule has 0 N–H and O–H groups in total. The van der Waals surface area contributed by atoms with Crippen LogP contribution in [-0.4, -0.2) is 0 Å². The summed E-state index contributed by atoms with van der Waals surface area (Å²) in [6.07, 6.45) is 0. The van der Waals surface area contributed by atoms with E-state index in [0.717, 1.165) is 50.1 Å². The van der Waals surface area contributed by atoms with Crippen LogP contribution in [0.4, 0.5) is 17.1 Å². The highest BCUT2D eigenvalue weighted by Gasteiger charge is 2.47. The molecule has 1 aromatic heterocycles. The molecule has 1 heterocycles. The van der Waals surface area contributed by atoms with E-state index in [-0.39, 0.29) is 0 Å². The summed E-state index contributed by atoms with van der Waals surface area (Å²) in [5.41, 5.74) is 19.1. The number of benzene rings is 10. The van der Waals surface area contributed by atoms with Gasteiger partial charge in [-0.25, -0.2) is 0 Å². The third-order valence-electron chi connectivity index (χ3n) is 13.0. The summed E-state index contributed by atoms with van der Waals surface area (Å²) in [6.45, 7) is 0. The zero-order valence-electron chi connectivity index (χ0n) is 34.5. The minimum absolute atomic E-state index is 0.522. The predicted octanol–water partition coefficient (Wildman–Crippen LogP) is 16.4. The summed E-state index contributed by atoms with van der Waals surface area (Å²) in [5, 5.41) is 2.25. The Morgan fingerprint density at radius 3 is 1.56 bits per heavy atom. The molecule has 0 aliphatic heterocycles. The van der Waals surface area contributed by atoms with Gasteiger partial charge in [0.05, 0.1) is 11.1 Å². The maximum absolute atomic E-state index is 6.37. The summed E-state index contributed by atoms with van der Waals surface area (Å²) < 4.78 is 6.37. The highest BCUT2D eigenvalue weighted by molar-refractivity contribution is 6.12. The van der Waals surface area contributed by atoms with Crippen LogP contribution in [0, 0.1) is 0 Å². The van der Waals surface area contributed by atoms with Gasteiger partial charge in [0.1, 0.15) is 11.2 Å². The Balaban J connectivity index is 1.07. The SMILES string of the molecule is c1ccc(-c2ccc(-c3ccc(N(c4cccc(-c5cccc6oc7ccccc7c56)c4)c4cccc5c4-c4ccccc4C5(c4ccccc4)c4ccccc4)cc3)cc2)cc1. The molecule has 2 heteroatoms. The number of para-hydroxylation sites is 1. The van der Waals surface area contributed by atoms with Crippen LogP contribution in [0.5, 0.6) is 0 Å². The second-order valence-corrected chi connectivity index (χ2v) is 16.4. The van der Waals surface area contributed by atoms with Gasteiger partial charge >= 0.3 is 0 Å². The molecule has 0 amide bonds. The quantitative estimate of drug-likeness (QED) is 0.152. The molecule has 12 rings (SSSR count). The van der Waals surface area contributed by atoms with E-state index >= 15 is 0 Å². The second-order valence-electron chi connectivity index (χ2n) is 16.4. The number of fused-ring (bicyclic) bond motifs is 6. The lowest BCUT2D eigenvalue weighted by molar-refractivity contribution is 0.669. The first kappa shape index (κ1) is 36.6. The van der Waals surface area contributed by atoms with Crippen LogP contribution >= 0.6 is 0 Å². The van der Waals surface area contributed by atoms with Gasteiger partial charge in [0.25, 0.3) is 0 Å². The largest absolute Gasteiger partial charge is 0.456 e. The van der Waals surface area contributed by atoms with E-state index in [0.29, 0.717) is 0 Å². The van der Waals surface area contributed by atoms with Crippen LogP contribution in [0.25, 0.3) is 66.4 Å². The Hall–Kier alpha value is -8.20. The van der Waals surface area contributed by atoms with Gasteiger partial charge in [-0.15, -0.1) is 0 Å². The summed E-state index contributed by atoms with van der Waals surface area (Å²) in [5.74, 6) is 0. The lowest BCUT2D eigenvalue weighted by Gasteiger charge is -2.34. The zero-order valence-corrected chi connectivity index (χ0v) is 34.5. The molecule has 0 saturated heterocycles. The minimum atomic E-state index is -0.522. The first-order valence-corrected chi connectivity index (χ1v) is 21.7. The number of anilines is 3. The topological polar surface area (TPSA) is 16.4 Å². The van der Waals surface area contributed by atoms with Crippen molar-refractivity contribution in [1.29, 1.82) is 0 Å². The fraction of sp³-hybridized carbons (Fsp3) is 0.0164. The van der Waals surface area contributed by atoms with Gasteiger partial charge in [-0.2, -0.15) is 0 Å². The van der Waals surface area contributed by atoms with Crippen molar-refractivity contribution in [3.8, 4) is 44.5 Å². The Morgan fingerprint density at radius 1 is 0.333 bits per heavy atom. The maximum atomic E-state index is 6.37. The Morgan fingerprint density at radius 2 is 0.841 bits per heavy atom. The third kappa shape index (κ3) is 5.95. The molecule has 0 unspecified atom stereocenters. The number of hydrogen-bond acceptors (Lipinski definition) is 2. The molecule has 0 atom stereocenters. The fourth-order valence-corrected chi connectivity index (χ4v) is 10.2. The summed E-state index contributed by atoms with van der Waals surface area (Å²) in [6, 6.07) is 90.2. The maximum Gasteiger partial charge on any atom is 0.136 e. The molecule has 0 bridgehead atoms. The van der Waals surface area contributed by atoms with Crippen LogP contribution in [-0.2, 0) is 5.41 Å². The standard InChI is InChI=1S/C61H41NO/c1-4-17-42(18-5-1)43-33-35-44(36-34-43)45-37-39-49(40-38-45)62(50-24-14-19-46(41-50)51-27-15-32-58-59(51)53-26-11-13-31-57(53)63-58)56-30-16-29-55-60(56)52-25-10-12-28-54(52)61(55,47-20-6-2-7-21-47)48-22-8-3-9-23-48/h1-41H. The lowest BCUT2D eigenvalue weighted by atomic mass is 9.68. The van der Waals surface area contributed by atoms with Crippen LogP contribution in [0.2, 0.25) is 0 Å². The van der Waals surface area contributed by atoms with E-state index in [2.05, 4.69) is 248 Å². The van der Waals surface area contributed by atoms with Gasteiger partial charge in [0.2, 0.25) is 0 Å². The molecule has 11 aromatic rings. The lowest BCUT2D eigenvalue weighted by Crippen LogP contribution is -2.28. The van der Waals surface area contributed by atoms with Gasteiger partial charge in [0, 0.05) is 27.7 Å². The number of rotatable bonds is 8. The average Bonchev–Trinajstić information content (AvgIpc) is 3.90. The first-order valence-electron chi connectivity index (χ1n) is 21.7. The van der Waals surface area contributed by atoms with Crippen molar-refractivity contribution in [3.05, 3.63) is 271 Å². The summed E-state index contributed by atoms with van der Waals surface area (Å²) in [4.78, 5) is 2.46. The zero-order chi connectivity index (χ0) is 41.7. The Labute approximate surface area is 367 Å². The normalized spacial score (nSPS) is 12.6. The van der Waals surface area contributed by atoms with Crippen molar-refractivity contribution in [2.24, 2.45) is 0 Å². The fourth-order valence-electron chi connectivity index (χ4n) is 10.2.